The van der Waals surface area contributed by atoms with Gasteiger partial charge in [0, 0.05) is 17.4 Å². The molecule has 4 aliphatic carbocycles. The van der Waals surface area contributed by atoms with Gasteiger partial charge in [0.25, 0.3) is 0 Å². The fourth-order valence-corrected chi connectivity index (χ4v) is 11.6. The summed E-state index contributed by atoms with van der Waals surface area (Å²) in [5.74, 6) is -0.405. The van der Waals surface area contributed by atoms with E-state index >= 15 is 0 Å². The van der Waals surface area contributed by atoms with E-state index in [0.29, 0.717) is 44.7 Å². The van der Waals surface area contributed by atoms with E-state index in [1.807, 2.05) is 0 Å². The van der Waals surface area contributed by atoms with Crippen LogP contribution in [0, 0.1) is 35.5 Å². The lowest BCUT2D eigenvalue weighted by Gasteiger charge is -2.58. The second-order valence-electron chi connectivity index (χ2n) is 14.9. The van der Waals surface area contributed by atoms with Gasteiger partial charge in [-0.1, -0.05) is 30.7 Å². The summed E-state index contributed by atoms with van der Waals surface area (Å²) in [5.41, 5.74) is 3.90. The number of hydrogen-bond acceptors (Lipinski definition) is 7. The van der Waals surface area contributed by atoms with Gasteiger partial charge in [-0.05, 0) is 100 Å². The van der Waals surface area contributed by atoms with E-state index in [4.69, 9.17) is 23.4 Å². The van der Waals surface area contributed by atoms with Crippen molar-refractivity contribution in [3.05, 3.63) is 46.0 Å². The zero-order valence-electron chi connectivity index (χ0n) is 26.0. The van der Waals surface area contributed by atoms with Crippen LogP contribution in [0.2, 0.25) is 19.6 Å². The quantitative estimate of drug-likeness (QED) is 0.318. The summed E-state index contributed by atoms with van der Waals surface area (Å²) in [6.45, 7) is 13.3. The van der Waals surface area contributed by atoms with Gasteiger partial charge < -0.3 is 28.5 Å². The molecule has 0 bridgehead atoms. The van der Waals surface area contributed by atoms with E-state index in [0.717, 1.165) is 61.6 Å². The zero-order chi connectivity index (χ0) is 29.5. The average Bonchev–Trinajstić information content (AvgIpc) is 3.69. The largest absolute Gasteiger partial charge is 0.399 e. The Hall–Kier alpha value is -1.57. The summed E-state index contributed by atoms with van der Waals surface area (Å²) in [5, 5.41) is 23.6. The van der Waals surface area contributed by atoms with Crippen molar-refractivity contribution in [1.82, 2.24) is 0 Å². The maximum atomic E-state index is 13.0. The summed E-state index contributed by atoms with van der Waals surface area (Å²) in [6, 6.07) is 9.01. The molecule has 7 rings (SSSR count). The molecule has 1 aromatic rings. The first-order chi connectivity index (χ1) is 20.0. The summed E-state index contributed by atoms with van der Waals surface area (Å²) in [4.78, 5) is 0. The number of ether oxygens (including phenoxy) is 4. The van der Waals surface area contributed by atoms with Crippen LogP contribution in [0.5, 0.6) is 0 Å². The minimum atomic E-state index is -1.93. The van der Waals surface area contributed by atoms with Gasteiger partial charge in [-0.2, -0.15) is 5.26 Å². The van der Waals surface area contributed by atoms with Gasteiger partial charge >= 0.3 is 0 Å². The molecular formula is C34H47NO6Si. The highest BCUT2D eigenvalue weighted by Gasteiger charge is 2.67. The normalized spacial score (nSPS) is 39.7. The van der Waals surface area contributed by atoms with Crippen LogP contribution < -0.4 is 0 Å². The van der Waals surface area contributed by atoms with Crippen molar-refractivity contribution < 1.29 is 28.5 Å². The molecule has 1 spiro atoms. The van der Waals surface area contributed by atoms with Crippen molar-refractivity contribution in [3.8, 4) is 6.07 Å². The smallest absolute Gasteiger partial charge is 0.185 e. The summed E-state index contributed by atoms with van der Waals surface area (Å²) >= 11 is 0. The summed E-state index contributed by atoms with van der Waals surface area (Å²) in [6.07, 6.45) is 6.36. The second-order valence-corrected chi connectivity index (χ2v) is 19.3. The molecule has 1 unspecified atom stereocenters. The predicted octanol–water partition coefficient (Wildman–Crippen LogP) is 6.42. The number of nitriles is 1. The molecule has 3 saturated carbocycles. The average molecular weight is 594 g/mol. The molecule has 0 radical (unpaired) electrons. The van der Waals surface area contributed by atoms with Crippen molar-refractivity contribution in [2.45, 2.75) is 114 Å². The maximum Gasteiger partial charge on any atom is 0.185 e. The standard InChI is InChI=1S/C34H47NO6Si/c1-22-23(7-6-8-24(22)30-37-17-18-38-30)29-33(36)15-10-25-26(28(33)12-16-34(29)39-19-20-40-34)9-13-31(2)27(25)11-14-32(31,21-35)41-42(3,4)5/h6-8,25,27,29-30,36H,9-20H2,1-5H3/t25-,27+,29?,31+,32+,33+/m1/s1. The van der Waals surface area contributed by atoms with E-state index < -0.39 is 25.3 Å². The predicted molar refractivity (Wildman–Crippen MR) is 160 cm³/mol. The fraction of sp³-hybridized carbons (Fsp3) is 0.735. The van der Waals surface area contributed by atoms with Crippen LogP contribution in [0.1, 0.15) is 87.2 Å². The molecule has 2 aliphatic heterocycles. The number of aliphatic hydroxyl groups is 1. The Morgan fingerprint density at radius 1 is 0.952 bits per heavy atom. The number of nitrogens with zero attached hydrogens (tertiary/aromatic N) is 1. The van der Waals surface area contributed by atoms with Crippen molar-refractivity contribution in [2.24, 2.45) is 17.3 Å². The molecule has 0 aromatic heterocycles. The van der Waals surface area contributed by atoms with Gasteiger partial charge in [0.1, 0.15) is 5.60 Å². The number of rotatable bonds is 4. The Balaban J connectivity index is 1.30. The third kappa shape index (κ3) is 4.11. The van der Waals surface area contributed by atoms with Crippen molar-refractivity contribution >= 4 is 8.32 Å². The highest BCUT2D eigenvalue weighted by molar-refractivity contribution is 6.69. The van der Waals surface area contributed by atoms with E-state index in [-0.39, 0.29) is 17.6 Å². The molecule has 1 N–H and O–H groups in total. The van der Waals surface area contributed by atoms with Gasteiger partial charge in [-0.15, -0.1) is 0 Å². The molecule has 8 heteroatoms. The first-order valence-corrected chi connectivity index (χ1v) is 19.5. The third-order valence-corrected chi connectivity index (χ3v) is 12.8. The highest BCUT2D eigenvalue weighted by Crippen LogP contribution is 2.67. The molecule has 6 aliphatic rings. The van der Waals surface area contributed by atoms with Crippen LogP contribution in [0.15, 0.2) is 29.3 Å². The van der Waals surface area contributed by atoms with Crippen molar-refractivity contribution in [3.63, 3.8) is 0 Å². The van der Waals surface area contributed by atoms with Crippen molar-refractivity contribution in [1.29, 1.82) is 5.26 Å². The van der Waals surface area contributed by atoms with E-state index in [9.17, 15) is 10.4 Å². The second kappa shape index (κ2) is 9.97. The molecule has 7 nitrogen and oxygen atoms in total. The SMILES string of the molecule is Cc1c(C2OCCO2)cccc1C1C2(CCC3=C4CC[C@@]5(C)[C@@H](CC[C@@]5(C#N)O[Si](C)(C)C)[C@@H]4CC[C@]31O)OCCO2. The zero-order valence-corrected chi connectivity index (χ0v) is 27.0. The number of benzene rings is 1. The Bertz CT molecular complexity index is 1320. The van der Waals surface area contributed by atoms with E-state index in [2.05, 4.69) is 57.8 Å². The third-order valence-electron chi connectivity index (χ3n) is 11.8. The minimum Gasteiger partial charge on any atom is -0.399 e. The molecule has 42 heavy (non-hydrogen) atoms. The lowest BCUT2D eigenvalue weighted by Crippen LogP contribution is -2.59. The first-order valence-electron chi connectivity index (χ1n) is 16.1. The first kappa shape index (κ1) is 29.2. The van der Waals surface area contributed by atoms with Crippen LogP contribution in [-0.4, -0.2) is 56.8 Å². The Kier molecular flexibility index (Phi) is 6.92. The molecule has 228 valence electrons. The number of allylic oxidation sites excluding steroid dienone is 1. The lowest BCUT2D eigenvalue weighted by molar-refractivity contribution is -0.226. The lowest BCUT2D eigenvalue weighted by atomic mass is 9.51. The molecule has 5 fully saturated rings. The van der Waals surface area contributed by atoms with Gasteiger partial charge in [0.15, 0.2) is 20.4 Å². The molecule has 2 heterocycles. The fourth-order valence-electron chi connectivity index (χ4n) is 10.1. The number of hydrogen-bond donors (Lipinski definition) is 1. The molecule has 1 aromatic carbocycles. The molecule has 6 atom stereocenters. The topological polar surface area (TPSA) is 90.2 Å². The molecule has 2 saturated heterocycles. The number of fused-ring (bicyclic) bond motifs is 4. The highest BCUT2D eigenvalue weighted by atomic mass is 28.4. The van der Waals surface area contributed by atoms with Gasteiger partial charge in [-0.3, -0.25) is 0 Å². The van der Waals surface area contributed by atoms with Crippen molar-refractivity contribution in [2.75, 3.05) is 26.4 Å². The van der Waals surface area contributed by atoms with Gasteiger partial charge in [-0.25, -0.2) is 0 Å². The van der Waals surface area contributed by atoms with Crippen LogP contribution in [0.25, 0.3) is 0 Å². The van der Waals surface area contributed by atoms with Crippen LogP contribution >= 0.6 is 0 Å². The Morgan fingerprint density at radius 3 is 2.36 bits per heavy atom. The maximum absolute atomic E-state index is 13.0. The van der Waals surface area contributed by atoms with E-state index in [1.165, 1.54) is 11.1 Å². The Morgan fingerprint density at radius 2 is 1.67 bits per heavy atom. The Labute approximate surface area is 251 Å². The van der Waals surface area contributed by atoms with Gasteiger partial charge in [0.05, 0.1) is 44.0 Å². The summed E-state index contributed by atoms with van der Waals surface area (Å²) < 4.78 is 31.5. The monoisotopic (exact) mass is 593 g/mol. The van der Waals surface area contributed by atoms with E-state index in [1.54, 1.807) is 0 Å². The molecule has 0 amide bonds. The minimum absolute atomic E-state index is 0.175. The van der Waals surface area contributed by atoms with Gasteiger partial charge in [0.2, 0.25) is 0 Å². The molecular weight excluding hydrogens is 546 g/mol. The van der Waals surface area contributed by atoms with Crippen LogP contribution in [0.4, 0.5) is 0 Å². The van der Waals surface area contributed by atoms with Crippen LogP contribution in [-0.2, 0) is 23.4 Å². The summed E-state index contributed by atoms with van der Waals surface area (Å²) in [7, 11) is -1.93. The van der Waals surface area contributed by atoms with Crippen LogP contribution in [0.3, 0.4) is 0 Å².